The summed E-state index contributed by atoms with van der Waals surface area (Å²) in [4.78, 5) is 4.23. The van der Waals surface area contributed by atoms with Crippen molar-refractivity contribution in [1.82, 2.24) is 4.57 Å². The Kier molecular flexibility index (Phi) is 9.81. The molecule has 8 aromatic rings. The number of allylic oxidation sites excluding steroid dienone is 1. The number of rotatable bonds is 7. The predicted octanol–water partition coefficient (Wildman–Crippen LogP) is 12.7. The van der Waals surface area contributed by atoms with Gasteiger partial charge in [-0.25, -0.2) is 4.39 Å². The molecule has 0 aliphatic rings. The zero-order chi connectivity index (χ0) is 36.0. The van der Waals surface area contributed by atoms with Gasteiger partial charge in [0.1, 0.15) is 5.82 Å². The molecule has 0 unspecified atom stereocenters. The van der Waals surface area contributed by atoms with Gasteiger partial charge >= 0.3 is 0 Å². The minimum absolute atomic E-state index is 0.171. The molecule has 1 heterocycles. The maximum absolute atomic E-state index is 12.1. The first kappa shape index (κ1) is 33.8. The van der Waals surface area contributed by atoms with E-state index in [2.05, 4.69) is 120 Å². The fourth-order valence-electron chi connectivity index (χ4n) is 6.50. The maximum Gasteiger partial charge on any atom is 0.123 e. The van der Waals surface area contributed by atoms with E-state index < -0.39 is 0 Å². The molecule has 1 aromatic heterocycles. The molecule has 0 spiro atoms. The van der Waals surface area contributed by atoms with Gasteiger partial charge in [0.25, 0.3) is 0 Å². The number of fused-ring (bicyclic) bond motifs is 3. The lowest BCUT2D eigenvalue weighted by atomic mass is 9.94. The summed E-state index contributed by atoms with van der Waals surface area (Å²) < 4.78 is 14.4. The Morgan fingerprint density at radius 1 is 0.558 bits per heavy atom. The molecule has 0 saturated heterocycles. The Balaban J connectivity index is 0.000000466. The molecule has 0 radical (unpaired) electrons. The molecule has 0 aliphatic heterocycles. The van der Waals surface area contributed by atoms with Gasteiger partial charge in [-0.3, -0.25) is 4.99 Å². The molecule has 0 bridgehead atoms. The number of hydrogen-bond donors (Lipinski definition) is 1. The highest BCUT2D eigenvalue weighted by molar-refractivity contribution is 6.12. The van der Waals surface area contributed by atoms with E-state index in [1.807, 2.05) is 55.5 Å². The molecule has 0 amide bonds. The molecular formula is C48H38FN3. The Bertz CT molecular complexity index is 2520. The second-order valence-corrected chi connectivity index (χ2v) is 12.8. The minimum Gasteiger partial charge on any atom is -0.309 e. The second-order valence-electron chi connectivity index (χ2n) is 12.8. The summed E-state index contributed by atoms with van der Waals surface area (Å²) in [5, 5.41) is 11.6. The molecule has 0 aliphatic carbocycles. The van der Waals surface area contributed by atoms with Crippen molar-refractivity contribution in [3.05, 3.63) is 204 Å². The maximum atomic E-state index is 12.1. The number of nitrogens with one attached hydrogen (secondary N) is 1. The van der Waals surface area contributed by atoms with Crippen molar-refractivity contribution in [2.45, 2.75) is 13.8 Å². The Morgan fingerprint density at radius 2 is 1.13 bits per heavy atom. The van der Waals surface area contributed by atoms with Crippen LogP contribution in [0, 0.1) is 25.1 Å². The van der Waals surface area contributed by atoms with Crippen LogP contribution >= 0.6 is 0 Å². The molecule has 0 fully saturated rings. The van der Waals surface area contributed by atoms with Crippen LogP contribution in [0.4, 0.5) is 4.39 Å². The van der Waals surface area contributed by atoms with E-state index in [1.165, 1.54) is 39.5 Å². The third-order valence-electron chi connectivity index (χ3n) is 9.17. The molecule has 7 aromatic carbocycles. The summed E-state index contributed by atoms with van der Waals surface area (Å²) >= 11 is 0. The van der Waals surface area contributed by atoms with Gasteiger partial charge in [-0.1, -0.05) is 120 Å². The zero-order valence-corrected chi connectivity index (χ0v) is 29.2. The van der Waals surface area contributed by atoms with E-state index in [9.17, 15) is 4.39 Å². The van der Waals surface area contributed by atoms with E-state index in [-0.39, 0.29) is 5.82 Å². The lowest BCUT2D eigenvalue weighted by Crippen LogP contribution is -1.98. The molecule has 0 atom stereocenters. The van der Waals surface area contributed by atoms with Gasteiger partial charge in [-0.15, -0.1) is 0 Å². The summed E-state index contributed by atoms with van der Waals surface area (Å²) in [7, 11) is 0. The van der Waals surface area contributed by atoms with Crippen LogP contribution in [0.5, 0.6) is 0 Å². The number of halogens is 1. The van der Waals surface area contributed by atoms with E-state index in [4.69, 9.17) is 5.41 Å². The van der Waals surface area contributed by atoms with Crippen molar-refractivity contribution in [3.8, 4) is 27.9 Å². The molecule has 1 N–H and O–H groups in total. The SMILES string of the molecule is C=N/C(=C\C(=N)c1cc(-c2ccccc2)cc(-c2ccc(-n3c4ccccc4c4cc(C)ccc43)cc2)c1)c1ccccc1.Cc1ccc(F)cc1. The molecule has 0 saturated carbocycles. The molecule has 52 heavy (non-hydrogen) atoms. The normalized spacial score (nSPS) is 11.2. The van der Waals surface area contributed by atoms with Gasteiger partial charge < -0.3 is 9.98 Å². The van der Waals surface area contributed by atoms with Gasteiger partial charge in [-0.2, -0.15) is 0 Å². The molecule has 252 valence electrons. The van der Waals surface area contributed by atoms with Gasteiger partial charge in [0.05, 0.1) is 22.4 Å². The second kappa shape index (κ2) is 15.1. The first-order chi connectivity index (χ1) is 25.4. The first-order valence-electron chi connectivity index (χ1n) is 17.2. The number of aryl methyl sites for hydroxylation is 2. The topological polar surface area (TPSA) is 41.1 Å². The molecule has 3 nitrogen and oxygen atoms in total. The number of aliphatic imine (C=N–C) groups is 1. The molecule has 8 rings (SSSR count). The van der Waals surface area contributed by atoms with Crippen molar-refractivity contribution >= 4 is 39.9 Å². The number of nitrogens with zero attached hydrogens (tertiary/aromatic N) is 2. The first-order valence-corrected chi connectivity index (χ1v) is 17.2. The van der Waals surface area contributed by atoms with E-state index in [1.54, 1.807) is 18.2 Å². The van der Waals surface area contributed by atoms with Crippen LogP contribution < -0.4 is 0 Å². The van der Waals surface area contributed by atoms with Crippen LogP contribution in [0.3, 0.4) is 0 Å². The number of para-hydroxylation sites is 1. The van der Waals surface area contributed by atoms with E-state index in [0.717, 1.165) is 44.6 Å². The third kappa shape index (κ3) is 7.28. The van der Waals surface area contributed by atoms with Gasteiger partial charge in [0.15, 0.2) is 0 Å². The summed E-state index contributed by atoms with van der Waals surface area (Å²) in [6.45, 7) is 7.84. The number of benzene rings is 7. The Labute approximate surface area is 304 Å². The van der Waals surface area contributed by atoms with Crippen LogP contribution in [0.25, 0.3) is 55.4 Å². The van der Waals surface area contributed by atoms with Crippen molar-refractivity contribution < 1.29 is 4.39 Å². The highest BCUT2D eigenvalue weighted by Crippen LogP contribution is 2.34. The number of aromatic nitrogens is 1. The highest BCUT2D eigenvalue weighted by Gasteiger charge is 2.13. The van der Waals surface area contributed by atoms with E-state index in [0.29, 0.717) is 11.4 Å². The van der Waals surface area contributed by atoms with Gasteiger partial charge in [-0.05, 0) is 110 Å². The van der Waals surface area contributed by atoms with Crippen LogP contribution in [-0.4, -0.2) is 17.0 Å². The molecule has 4 heteroatoms. The van der Waals surface area contributed by atoms with Crippen LogP contribution in [0.1, 0.15) is 22.3 Å². The van der Waals surface area contributed by atoms with Crippen LogP contribution in [0.2, 0.25) is 0 Å². The molecular weight excluding hydrogens is 638 g/mol. The summed E-state index contributed by atoms with van der Waals surface area (Å²) in [5.41, 5.74) is 13.0. The van der Waals surface area contributed by atoms with Crippen molar-refractivity contribution in [3.63, 3.8) is 0 Å². The van der Waals surface area contributed by atoms with Crippen molar-refractivity contribution in [1.29, 1.82) is 5.41 Å². The summed E-state index contributed by atoms with van der Waals surface area (Å²) in [6.07, 6.45) is 1.79. The average Bonchev–Trinajstić information content (AvgIpc) is 3.52. The van der Waals surface area contributed by atoms with Crippen molar-refractivity contribution in [2.24, 2.45) is 4.99 Å². The average molecular weight is 676 g/mol. The van der Waals surface area contributed by atoms with Gasteiger partial charge in [0, 0.05) is 27.6 Å². The highest BCUT2D eigenvalue weighted by atomic mass is 19.1. The monoisotopic (exact) mass is 675 g/mol. The third-order valence-corrected chi connectivity index (χ3v) is 9.17. The van der Waals surface area contributed by atoms with Crippen LogP contribution in [-0.2, 0) is 0 Å². The minimum atomic E-state index is -0.171. The summed E-state index contributed by atoms with van der Waals surface area (Å²) in [6, 6.07) is 57.0. The van der Waals surface area contributed by atoms with E-state index >= 15 is 0 Å². The fourth-order valence-corrected chi connectivity index (χ4v) is 6.50. The number of hydrogen-bond acceptors (Lipinski definition) is 2. The lowest BCUT2D eigenvalue weighted by Gasteiger charge is -2.13. The Morgan fingerprint density at radius 3 is 1.79 bits per heavy atom. The largest absolute Gasteiger partial charge is 0.309 e. The fraction of sp³-hybridized carbons (Fsp3) is 0.0417. The van der Waals surface area contributed by atoms with Crippen LogP contribution in [0.15, 0.2) is 181 Å². The lowest BCUT2D eigenvalue weighted by molar-refractivity contribution is 0.627. The summed E-state index contributed by atoms with van der Waals surface area (Å²) in [5.74, 6) is -0.171. The van der Waals surface area contributed by atoms with Gasteiger partial charge in [0.2, 0.25) is 0 Å². The smallest absolute Gasteiger partial charge is 0.123 e. The van der Waals surface area contributed by atoms with Crippen molar-refractivity contribution in [2.75, 3.05) is 0 Å². The zero-order valence-electron chi connectivity index (χ0n) is 29.2. The standard InChI is InChI=1S/C41H31N3.C7H7F/c1-28-17-22-41-37(23-28)36-15-9-10-16-40(36)44(41)35-20-18-30(19-21-35)33-24-32(29-11-5-3-6-12-29)25-34(26-33)38(42)27-39(43-2)31-13-7-4-8-14-31;1-6-2-4-7(8)5-3-6/h3-27,42H,2H2,1H3;2-5H,1H3/b39-27-,42-38?;. The predicted molar refractivity (Wildman–Crippen MR) is 218 cm³/mol. The quantitative estimate of drug-likeness (QED) is 0.163. The Hall–Kier alpha value is -6.65.